The SMILES string of the molecule is CC(C(=O)N1CCN(Cc2ccc3c(c2)OCO3)CC1)n1cc(Br)cn1. The molecule has 7 nitrogen and oxygen atoms in total. The molecule has 1 saturated heterocycles. The minimum atomic E-state index is -0.290. The molecule has 1 unspecified atom stereocenters. The second-order valence-electron chi connectivity index (χ2n) is 6.60. The van der Waals surface area contributed by atoms with Gasteiger partial charge in [0.15, 0.2) is 11.5 Å². The van der Waals surface area contributed by atoms with E-state index in [9.17, 15) is 4.79 Å². The highest BCUT2D eigenvalue weighted by molar-refractivity contribution is 9.10. The van der Waals surface area contributed by atoms with Crippen LogP contribution in [-0.2, 0) is 11.3 Å². The lowest BCUT2D eigenvalue weighted by Crippen LogP contribution is -2.49. The number of carbonyl (C=O) groups excluding carboxylic acids is 1. The number of halogens is 1. The zero-order valence-corrected chi connectivity index (χ0v) is 16.2. The molecule has 0 spiro atoms. The number of nitrogens with zero attached hydrogens (tertiary/aromatic N) is 4. The van der Waals surface area contributed by atoms with E-state index in [4.69, 9.17) is 9.47 Å². The second-order valence-corrected chi connectivity index (χ2v) is 7.52. The minimum Gasteiger partial charge on any atom is -0.454 e. The highest BCUT2D eigenvalue weighted by Crippen LogP contribution is 2.32. The van der Waals surface area contributed by atoms with Crippen molar-refractivity contribution in [3.05, 3.63) is 40.6 Å². The van der Waals surface area contributed by atoms with Crippen LogP contribution >= 0.6 is 15.9 Å². The molecule has 1 aromatic heterocycles. The van der Waals surface area contributed by atoms with Crippen LogP contribution in [-0.4, -0.2) is 58.5 Å². The minimum absolute atomic E-state index is 0.114. The molecule has 0 N–H and O–H groups in total. The summed E-state index contributed by atoms with van der Waals surface area (Å²) in [6, 6.07) is 5.78. The van der Waals surface area contributed by atoms with Crippen LogP contribution in [0.25, 0.3) is 0 Å². The molecule has 8 heteroatoms. The van der Waals surface area contributed by atoms with Gasteiger partial charge in [-0.2, -0.15) is 5.10 Å². The van der Waals surface area contributed by atoms with Crippen molar-refractivity contribution >= 4 is 21.8 Å². The molecule has 1 aromatic carbocycles. The molecular formula is C18H21BrN4O3. The van der Waals surface area contributed by atoms with E-state index in [1.165, 1.54) is 5.56 Å². The number of hydrogen-bond acceptors (Lipinski definition) is 5. The van der Waals surface area contributed by atoms with Gasteiger partial charge >= 0.3 is 0 Å². The lowest BCUT2D eigenvalue weighted by atomic mass is 10.1. The van der Waals surface area contributed by atoms with Crippen LogP contribution < -0.4 is 9.47 Å². The normalized spacial score (nSPS) is 18.2. The average Bonchev–Trinajstić information content (AvgIpc) is 3.29. The third-order valence-corrected chi connectivity index (χ3v) is 5.26. The van der Waals surface area contributed by atoms with Gasteiger partial charge in [-0.3, -0.25) is 14.4 Å². The Bertz CT molecular complexity index is 801. The van der Waals surface area contributed by atoms with E-state index in [-0.39, 0.29) is 11.9 Å². The number of aromatic nitrogens is 2. The number of piperazine rings is 1. The van der Waals surface area contributed by atoms with Gasteiger partial charge in [-0.1, -0.05) is 6.07 Å². The first-order chi connectivity index (χ1) is 12.6. The predicted molar refractivity (Wildman–Crippen MR) is 99.1 cm³/mol. The Hall–Kier alpha value is -2.06. The van der Waals surface area contributed by atoms with Crippen molar-refractivity contribution in [1.29, 1.82) is 0 Å². The Morgan fingerprint density at radius 2 is 2.00 bits per heavy atom. The molecule has 3 heterocycles. The predicted octanol–water partition coefficient (Wildman–Crippen LogP) is 2.28. The van der Waals surface area contributed by atoms with Crippen LogP contribution in [0.15, 0.2) is 35.1 Å². The van der Waals surface area contributed by atoms with E-state index >= 15 is 0 Å². The van der Waals surface area contributed by atoms with Gasteiger partial charge in [0.25, 0.3) is 0 Å². The van der Waals surface area contributed by atoms with E-state index < -0.39 is 0 Å². The van der Waals surface area contributed by atoms with Gasteiger partial charge in [0.2, 0.25) is 12.7 Å². The molecule has 2 aliphatic heterocycles. The molecule has 0 bridgehead atoms. The Balaban J connectivity index is 1.31. The zero-order chi connectivity index (χ0) is 18.1. The van der Waals surface area contributed by atoms with Crippen molar-refractivity contribution in [3.63, 3.8) is 0 Å². The summed E-state index contributed by atoms with van der Waals surface area (Å²) in [6.45, 7) is 6.21. The summed E-state index contributed by atoms with van der Waals surface area (Å²) in [5.74, 6) is 1.74. The largest absolute Gasteiger partial charge is 0.454 e. The molecule has 0 aliphatic carbocycles. The summed E-state index contributed by atoms with van der Waals surface area (Å²) < 4.78 is 13.4. The van der Waals surface area contributed by atoms with Gasteiger partial charge < -0.3 is 14.4 Å². The van der Waals surface area contributed by atoms with Crippen LogP contribution in [0, 0.1) is 0 Å². The number of rotatable bonds is 4. The monoisotopic (exact) mass is 420 g/mol. The third-order valence-electron chi connectivity index (χ3n) is 4.85. The molecule has 0 radical (unpaired) electrons. The molecule has 138 valence electrons. The summed E-state index contributed by atoms with van der Waals surface area (Å²) in [5.41, 5.74) is 1.20. The van der Waals surface area contributed by atoms with E-state index in [1.807, 2.05) is 30.2 Å². The van der Waals surface area contributed by atoms with E-state index in [1.54, 1.807) is 10.9 Å². The van der Waals surface area contributed by atoms with Crippen molar-refractivity contribution < 1.29 is 14.3 Å². The Morgan fingerprint density at radius 3 is 2.73 bits per heavy atom. The van der Waals surface area contributed by atoms with E-state index in [0.717, 1.165) is 48.7 Å². The fourth-order valence-electron chi connectivity index (χ4n) is 3.33. The number of carbonyl (C=O) groups is 1. The maximum Gasteiger partial charge on any atom is 0.247 e. The van der Waals surface area contributed by atoms with Crippen LogP contribution in [0.5, 0.6) is 11.5 Å². The standard InChI is InChI=1S/C18H21BrN4O3/c1-13(23-11-15(19)9-20-23)18(24)22-6-4-21(5-7-22)10-14-2-3-16-17(8-14)26-12-25-16/h2-3,8-9,11,13H,4-7,10,12H2,1H3. The molecule has 2 aliphatic rings. The molecule has 1 fully saturated rings. The van der Waals surface area contributed by atoms with E-state index in [2.05, 4.69) is 32.0 Å². The first-order valence-electron chi connectivity index (χ1n) is 8.69. The summed E-state index contributed by atoms with van der Waals surface area (Å²) in [4.78, 5) is 17.0. The van der Waals surface area contributed by atoms with Crippen LogP contribution in [0.4, 0.5) is 0 Å². The maximum atomic E-state index is 12.7. The molecule has 2 aromatic rings. The number of amides is 1. The molecule has 4 rings (SSSR count). The topological polar surface area (TPSA) is 59.8 Å². The lowest BCUT2D eigenvalue weighted by Gasteiger charge is -2.36. The highest BCUT2D eigenvalue weighted by Gasteiger charge is 2.26. The zero-order valence-electron chi connectivity index (χ0n) is 14.6. The summed E-state index contributed by atoms with van der Waals surface area (Å²) in [7, 11) is 0. The Morgan fingerprint density at radius 1 is 1.23 bits per heavy atom. The highest BCUT2D eigenvalue weighted by atomic mass is 79.9. The number of hydrogen-bond donors (Lipinski definition) is 0. The lowest BCUT2D eigenvalue weighted by molar-refractivity contribution is -0.136. The fraction of sp³-hybridized carbons (Fsp3) is 0.444. The molecule has 26 heavy (non-hydrogen) atoms. The van der Waals surface area contributed by atoms with Crippen LogP contribution in [0.2, 0.25) is 0 Å². The van der Waals surface area contributed by atoms with Gasteiger partial charge in [0.1, 0.15) is 6.04 Å². The Kier molecular flexibility index (Phi) is 4.86. The first kappa shape index (κ1) is 17.4. The van der Waals surface area contributed by atoms with Gasteiger partial charge in [-0.25, -0.2) is 0 Å². The molecule has 0 saturated carbocycles. The number of ether oxygens (including phenoxy) is 2. The Labute approximate surface area is 160 Å². The van der Waals surface area contributed by atoms with Crippen molar-refractivity contribution in [2.24, 2.45) is 0 Å². The van der Waals surface area contributed by atoms with Gasteiger partial charge in [0.05, 0.1) is 10.7 Å². The maximum absolute atomic E-state index is 12.7. The molecule has 1 amide bonds. The average molecular weight is 421 g/mol. The smallest absolute Gasteiger partial charge is 0.247 e. The van der Waals surface area contributed by atoms with Crippen molar-refractivity contribution in [3.8, 4) is 11.5 Å². The van der Waals surface area contributed by atoms with Crippen LogP contribution in [0.3, 0.4) is 0 Å². The molecule has 1 atom stereocenters. The number of fused-ring (bicyclic) bond motifs is 1. The summed E-state index contributed by atoms with van der Waals surface area (Å²) >= 11 is 3.37. The van der Waals surface area contributed by atoms with Crippen molar-refractivity contribution in [2.75, 3.05) is 33.0 Å². The second kappa shape index (κ2) is 7.28. The van der Waals surface area contributed by atoms with E-state index in [0.29, 0.717) is 6.79 Å². The summed E-state index contributed by atoms with van der Waals surface area (Å²) in [5, 5.41) is 4.22. The van der Waals surface area contributed by atoms with Crippen molar-refractivity contribution in [1.82, 2.24) is 19.6 Å². The van der Waals surface area contributed by atoms with Gasteiger partial charge in [0, 0.05) is 38.9 Å². The molecular weight excluding hydrogens is 400 g/mol. The third kappa shape index (κ3) is 3.57. The quantitative estimate of drug-likeness (QED) is 0.759. The summed E-state index contributed by atoms with van der Waals surface area (Å²) in [6.07, 6.45) is 3.53. The van der Waals surface area contributed by atoms with Gasteiger partial charge in [-0.05, 0) is 40.5 Å². The number of benzene rings is 1. The van der Waals surface area contributed by atoms with Gasteiger partial charge in [-0.15, -0.1) is 0 Å². The van der Waals surface area contributed by atoms with Crippen LogP contribution in [0.1, 0.15) is 18.5 Å². The fourth-order valence-corrected chi connectivity index (χ4v) is 3.63. The first-order valence-corrected chi connectivity index (χ1v) is 9.49. The van der Waals surface area contributed by atoms with Crippen molar-refractivity contribution in [2.45, 2.75) is 19.5 Å².